The predicted molar refractivity (Wildman–Crippen MR) is 66.6 cm³/mol. The Hall–Kier alpha value is -0.510. The van der Waals surface area contributed by atoms with Crippen LogP contribution in [0.2, 0.25) is 0 Å². The Kier molecular flexibility index (Phi) is 4.27. The van der Waals surface area contributed by atoms with Crippen molar-refractivity contribution < 1.29 is 9.84 Å². The van der Waals surface area contributed by atoms with E-state index in [-0.39, 0.29) is 18.1 Å². The van der Waals surface area contributed by atoms with Crippen LogP contribution in [0, 0.1) is 6.92 Å². The maximum Gasteiger partial charge on any atom is 0.108 e. The minimum absolute atomic E-state index is 0.0386. The van der Waals surface area contributed by atoms with E-state index >= 15 is 0 Å². The summed E-state index contributed by atoms with van der Waals surface area (Å²) in [5, 5.41) is 9.08. The molecule has 0 saturated carbocycles. The highest BCUT2D eigenvalue weighted by Gasteiger charge is 2.22. The van der Waals surface area contributed by atoms with Crippen molar-refractivity contribution in [2.45, 2.75) is 42.6 Å². The maximum absolute atomic E-state index is 9.08. The van der Waals surface area contributed by atoms with E-state index in [1.807, 2.05) is 0 Å². The molecule has 0 radical (unpaired) electrons. The molecule has 3 heteroatoms. The molecule has 1 aromatic carbocycles. The Morgan fingerprint density at radius 2 is 2.06 bits per heavy atom. The van der Waals surface area contributed by atoms with Gasteiger partial charge in [-0.15, -0.1) is 0 Å². The lowest BCUT2D eigenvalue weighted by molar-refractivity contribution is -0.0333. The molecule has 2 rings (SSSR count). The normalized spacial score (nSPS) is 25.6. The molecule has 1 fully saturated rings. The van der Waals surface area contributed by atoms with Gasteiger partial charge in [0.25, 0.3) is 0 Å². The number of aliphatic hydroxyl groups excluding tert-OH is 1. The van der Waals surface area contributed by atoms with Crippen molar-refractivity contribution in [2.75, 3.05) is 6.61 Å². The van der Waals surface area contributed by atoms with Gasteiger partial charge in [0.15, 0.2) is 0 Å². The van der Waals surface area contributed by atoms with Crippen LogP contribution in [0.25, 0.3) is 0 Å². The van der Waals surface area contributed by atoms with Gasteiger partial charge in [-0.25, -0.2) is 0 Å². The third kappa shape index (κ3) is 3.24. The minimum atomic E-state index is 0.0386. The molecule has 2 nitrogen and oxygen atoms in total. The van der Waals surface area contributed by atoms with Gasteiger partial charge < -0.3 is 9.84 Å². The zero-order valence-corrected chi connectivity index (χ0v) is 10.4. The van der Waals surface area contributed by atoms with Gasteiger partial charge in [-0.1, -0.05) is 29.5 Å². The third-order valence-corrected chi connectivity index (χ3v) is 3.96. The van der Waals surface area contributed by atoms with Crippen LogP contribution in [-0.4, -0.2) is 23.3 Å². The summed E-state index contributed by atoms with van der Waals surface area (Å²) in [4.78, 5) is 1.24. The SMILES string of the molecule is Cc1ccc(SC2CCCC(CO)O2)cc1. The van der Waals surface area contributed by atoms with Gasteiger partial charge in [0.05, 0.1) is 12.7 Å². The Morgan fingerprint density at radius 1 is 1.31 bits per heavy atom. The predicted octanol–water partition coefficient (Wildman–Crippen LogP) is 2.97. The second kappa shape index (κ2) is 5.71. The average Bonchev–Trinajstić information content (AvgIpc) is 2.32. The Bertz CT molecular complexity index is 323. The van der Waals surface area contributed by atoms with Gasteiger partial charge in [0.1, 0.15) is 5.44 Å². The van der Waals surface area contributed by atoms with E-state index in [2.05, 4.69) is 31.2 Å². The number of benzene rings is 1. The number of aryl methyl sites for hydroxylation is 1. The van der Waals surface area contributed by atoms with Gasteiger partial charge in [0, 0.05) is 4.90 Å². The zero-order valence-electron chi connectivity index (χ0n) is 9.56. The van der Waals surface area contributed by atoms with E-state index < -0.39 is 0 Å². The topological polar surface area (TPSA) is 29.5 Å². The summed E-state index contributed by atoms with van der Waals surface area (Å²) in [5.41, 5.74) is 1.48. The van der Waals surface area contributed by atoms with Gasteiger partial charge in [-0.3, -0.25) is 0 Å². The first-order valence-corrected chi connectivity index (χ1v) is 6.65. The molecule has 1 aliphatic rings. The molecule has 1 saturated heterocycles. The van der Waals surface area contributed by atoms with E-state index in [9.17, 15) is 0 Å². The second-order valence-electron chi connectivity index (χ2n) is 4.23. The number of thioether (sulfide) groups is 1. The molecule has 16 heavy (non-hydrogen) atoms. The number of ether oxygens (including phenoxy) is 1. The first-order valence-electron chi connectivity index (χ1n) is 5.77. The first kappa shape index (κ1) is 12.0. The quantitative estimate of drug-likeness (QED) is 0.878. The molecule has 1 N–H and O–H groups in total. The number of hydrogen-bond acceptors (Lipinski definition) is 3. The first-order chi connectivity index (χ1) is 7.78. The summed E-state index contributed by atoms with van der Waals surface area (Å²) in [6.45, 7) is 2.23. The van der Waals surface area contributed by atoms with Crippen molar-refractivity contribution >= 4 is 11.8 Å². The Labute approximate surface area is 101 Å². The molecule has 2 unspecified atom stereocenters. The smallest absolute Gasteiger partial charge is 0.108 e. The van der Waals surface area contributed by atoms with Crippen LogP contribution in [-0.2, 0) is 4.74 Å². The van der Waals surface area contributed by atoms with Crippen LogP contribution in [0.1, 0.15) is 24.8 Å². The van der Waals surface area contributed by atoms with Crippen molar-refractivity contribution in [3.05, 3.63) is 29.8 Å². The molecule has 0 aromatic heterocycles. The Morgan fingerprint density at radius 3 is 2.75 bits per heavy atom. The molecular formula is C13H18O2S. The Balaban J connectivity index is 1.91. The molecule has 0 spiro atoms. The summed E-state index contributed by atoms with van der Waals surface area (Å²) in [5.74, 6) is 0. The second-order valence-corrected chi connectivity index (χ2v) is 5.46. The van der Waals surface area contributed by atoms with Crippen LogP contribution in [0.5, 0.6) is 0 Å². The lowest BCUT2D eigenvalue weighted by atomic mass is 10.1. The highest BCUT2D eigenvalue weighted by atomic mass is 32.2. The molecule has 1 aromatic rings. The molecular weight excluding hydrogens is 220 g/mol. The fourth-order valence-corrected chi connectivity index (χ4v) is 2.95. The summed E-state index contributed by atoms with van der Waals surface area (Å²) >= 11 is 1.76. The van der Waals surface area contributed by atoms with E-state index in [4.69, 9.17) is 9.84 Å². The summed E-state index contributed by atoms with van der Waals surface area (Å²) in [7, 11) is 0. The van der Waals surface area contributed by atoms with Crippen molar-refractivity contribution in [2.24, 2.45) is 0 Å². The maximum atomic E-state index is 9.08. The van der Waals surface area contributed by atoms with Crippen molar-refractivity contribution in [1.82, 2.24) is 0 Å². The summed E-state index contributed by atoms with van der Waals surface area (Å²) < 4.78 is 5.78. The summed E-state index contributed by atoms with van der Waals surface area (Å²) in [6.07, 6.45) is 3.25. The molecule has 0 amide bonds. The van der Waals surface area contributed by atoms with E-state index in [1.54, 1.807) is 11.8 Å². The van der Waals surface area contributed by atoms with Crippen LogP contribution in [0.15, 0.2) is 29.2 Å². The van der Waals surface area contributed by atoms with Crippen LogP contribution in [0.3, 0.4) is 0 Å². The average molecular weight is 238 g/mol. The molecule has 1 heterocycles. The van der Waals surface area contributed by atoms with Crippen molar-refractivity contribution in [3.63, 3.8) is 0 Å². The van der Waals surface area contributed by atoms with E-state index in [0.29, 0.717) is 0 Å². The lowest BCUT2D eigenvalue weighted by Crippen LogP contribution is -2.28. The molecule has 1 aliphatic heterocycles. The van der Waals surface area contributed by atoms with Crippen LogP contribution >= 0.6 is 11.8 Å². The van der Waals surface area contributed by atoms with Crippen molar-refractivity contribution in [3.8, 4) is 0 Å². The van der Waals surface area contributed by atoms with Crippen LogP contribution < -0.4 is 0 Å². The highest BCUT2D eigenvalue weighted by molar-refractivity contribution is 7.99. The number of rotatable bonds is 3. The summed E-state index contributed by atoms with van der Waals surface area (Å²) in [6, 6.07) is 8.50. The molecule has 0 bridgehead atoms. The molecule has 0 aliphatic carbocycles. The zero-order chi connectivity index (χ0) is 11.4. The van der Waals surface area contributed by atoms with Crippen LogP contribution in [0.4, 0.5) is 0 Å². The fourth-order valence-electron chi connectivity index (χ4n) is 1.85. The minimum Gasteiger partial charge on any atom is -0.394 e. The van der Waals surface area contributed by atoms with Gasteiger partial charge in [-0.05, 0) is 38.3 Å². The molecule has 2 atom stereocenters. The number of aliphatic hydroxyl groups is 1. The third-order valence-electron chi connectivity index (χ3n) is 2.80. The van der Waals surface area contributed by atoms with Gasteiger partial charge in [0.2, 0.25) is 0 Å². The van der Waals surface area contributed by atoms with Gasteiger partial charge in [-0.2, -0.15) is 0 Å². The van der Waals surface area contributed by atoms with Gasteiger partial charge >= 0.3 is 0 Å². The fraction of sp³-hybridized carbons (Fsp3) is 0.538. The lowest BCUT2D eigenvalue weighted by Gasteiger charge is -2.28. The standard InChI is InChI=1S/C13H18O2S/c1-10-5-7-12(8-6-10)16-13-4-2-3-11(9-14)15-13/h5-8,11,13-14H,2-4,9H2,1H3. The monoisotopic (exact) mass is 238 g/mol. The van der Waals surface area contributed by atoms with E-state index in [1.165, 1.54) is 10.5 Å². The van der Waals surface area contributed by atoms with E-state index in [0.717, 1.165) is 19.3 Å². The number of hydrogen-bond donors (Lipinski definition) is 1. The van der Waals surface area contributed by atoms with Crippen molar-refractivity contribution in [1.29, 1.82) is 0 Å². The molecule has 88 valence electrons. The highest BCUT2D eigenvalue weighted by Crippen LogP contribution is 2.32. The largest absolute Gasteiger partial charge is 0.394 e.